The molecule has 0 spiro atoms. The van der Waals surface area contributed by atoms with Crippen LogP contribution >= 0.6 is 0 Å². The minimum Gasteiger partial charge on any atom is -0.386 e. The largest absolute Gasteiger partial charge is 0.386 e. The molecule has 1 aromatic rings. The number of aromatic nitrogens is 1. The average Bonchev–Trinajstić information content (AvgIpc) is 3.20. The van der Waals surface area contributed by atoms with Crippen LogP contribution in [0.4, 0.5) is 5.69 Å². The van der Waals surface area contributed by atoms with E-state index in [-0.39, 0.29) is 11.1 Å². The molecule has 1 aromatic heterocycles. The van der Waals surface area contributed by atoms with Crippen LogP contribution in [-0.2, 0) is 10.0 Å². The lowest BCUT2D eigenvalue weighted by molar-refractivity contribution is 0.322. The number of hydrogen-bond acceptors (Lipinski definition) is 5. The number of rotatable bonds is 5. The Morgan fingerprint density at radius 2 is 2.15 bits per heavy atom. The Morgan fingerprint density at radius 1 is 1.35 bits per heavy atom. The predicted molar refractivity (Wildman–Crippen MR) is 77.1 cm³/mol. The van der Waals surface area contributed by atoms with Gasteiger partial charge in [0.05, 0.1) is 5.69 Å². The lowest BCUT2D eigenvalue weighted by atomic mass is 10.3. The fraction of sp³-hybridized carbons (Fsp3) is 0.615. The van der Waals surface area contributed by atoms with Gasteiger partial charge >= 0.3 is 0 Å². The fourth-order valence-electron chi connectivity index (χ4n) is 2.73. The molecule has 1 saturated heterocycles. The van der Waals surface area contributed by atoms with Crippen molar-refractivity contribution in [2.75, 3.05) is 25.5 Å². The second-order valence-corrected chi connectivity index (χ2v) is 7.07. The third kappa shape index (κ3) is 2.79. The van der Waals surface area contributed by atoms with Gasteiger partial charge in [-0.3, -0.25) is 4.90 Å². The molecular weight excluding hydrogens is 276 g/mol. The second kappa shape index (κ2) is 5.31. The Balaban J connectivity index is 1.72. The van der Waals surface area contributed by atoms with Gasteiger partial charge in [-0.1, -0.05) is 0 Å². The molecular formula is C13H20N4O2S. The van der Waals surface area contributed by atoms with Crippen molar-refractivity contribution in [3.8, 4) is 0 Å². The third-order valence-corrected chi connectivity index (χ3v) is 5.38. The summed E-state index contributed by atoms with van der Waals surface area (Å²) in [7, 11) is -1.87. The van der Waals surface area contributed by atoms with Crippen molar-refractivity contribution in [1.82, 2.24) is 14.6 Å². The first kappa shape index (κ1) is 13.8. The number of pyridine rings is 1. The summed E-state index contributed by atoms with van der Waals surface area (Å²) in [5.74, 6) is 0. The van der Waals surface area contributed by atoms with Crippen molar-refractivity contribution >= 4 is 15.7 Å². The van der Waals surface area contributed by atoms with E-state index in [2.05, 4.69) is 19.9 Å². The van der Waals surface area contributed by atoms with E-state index < -0.39 is 10.0 Å². The highest BCUT2D eigenvalue weighted by Gasteiger charge is 2.36. The van der Waals surface area contributed by atoms with Gasteiger partial charge in [0.25, 0.3) is 10.0 Å². The monoisotopic (exact) mass is 296 g/mol. The molecule has 0 bridgehead atoms. The molecule has 0 aromatic carbocycles. The molecule has 2 aliphatic rings. The minimum absolute atomic E-state index is 0.00712. The van der Waals surface area contributed by atoms with E-state index in [1.807, 2.05) is 0 Å². The van der Waals surface area contributed by atoms with Gasteiger partial charge in [-0.15, -0.1) is 0 Å². The van der Waals surface area contributed by atoms with Gasteiger partial charge < -0.3 is 5.32 Å². The minimum atomic E-state index is -3.57. The summed E-state index contributed by atoms with van der Waals surface area (Å²) in [6, 6.07) is 4.11. The molecule has 7 heteroatoms. The van der Waals surface area contributed by atoms with Crippen molar-refractivity contribution in [3.63, 3.8) is 0 Å². The summed E-state index contributed by atoms with van der Waals surface area (Å²) in [6.45, 7) is 1.80. The lowest BCUT2D eigenvalue weighted by Crippen LogP contribution is -2.38. The van der Waals surface area contributed by atoms with E-state index in [9.17, 15) is 8.42 Å². The normalized spacial score (nSPS) is 23.9. The van der Waals surface area contributed by atoms with Crippen LogP contribution in [0.3, 0.4) is 0 Å². The van der Waals surface area contributed by atoms with Crippen LogP contribution in [0.2, 0.25) is 0 Å². The Hall–Kier alpha value is -1.18. The Bertz CT molecular complexity index is 586. The van der Waals surface area contributed by atoms with Crippen LogP contribution in [-0.4, -0.2) is 50.5 Å². The molecule has 3 rings (SSSR count). The Kier molecular flexibility index (Phi) is 3.66. The molecule has 2 fully saturated rings. The fourth-order valence-corrected chi connectivity index (χ4v) is 4.13. The first-order chi connectivity index (χ1) is 9.60. The number of sulfonamides is 1. The van der Waals surface area contributed by atoms with Crippen molar-refractivity contribution in [2.24, 2.45) is 0 Å². The zero-order valence-corrected chi connectivity index (χ0v) is 12.4. The molecule has 1 aliphatic heterocycles. The van der Waals surface area contributed by atoms with E-state index in [1.165, 1.54) is 19.0 Å². The molecule has 1 unspecified atom stereocenters. The number of nitrogens with one attached hydrogen (secondary N) is 2. The van der Waals surface area contributed by atoms with Crippen LogP contribution in [0, 0.1) is 0 Å². The zero-order chi connectivity index (χ0) is 14.2. The molecule has 1 aliphatic carbocycles. The van der Waals surface area contributed by atoms with Crippen LogP contribution in [0.1, 0.15) is 19.3 Å². The summed E-state index contributed by atoms with van der Waals surface area (Å²) >= 11 is 0. The molecule has 1 saturated carbocycles. The smallest absolute Gasteiger partial charge is 0.260 e. The van der Waals surface area contributed by atoms with Gasteiger partial charge in [0, 0.05) is 38.4 Å². The van der Waals surface area contributed by atoms with Gasteiger partial charge in [-0.2, -0.15) is 0 Å². The van der Waals surface area contributed by atoms with Gasteiger partial charge in [-0.05, 0) is 31.4 Å². The highest BCUT2D eigenvalue weighted by molar-refractivity contribution is 7.89. The van der Waals surface area contributed by atoms with E-state index >= 15 is 0 Å². The standard InChI is InChI=1S/C13H20N4O2S/c1-14-12-3-2-7-15-13(12)20(18,19)16-10-6-8-17(9-10)11-4-5-11/h2-3,7,10-11,14,16H,4-6,8-9H2,1H3. The molecule has 1 atom stereocenters. The summed E-state index contributed by atoms with van der Waals surface area (Å²) in [4.78, 5) is 6.38. The number of anilines is 1. The second-order valence-electron chi connectivity index (χ2n) is 5.44. The zero-order valence-electron chi connectivity index (χ0n) is 11.5. The molecule has 20 heavy (non-hydrogen) atoms. The molecule has 2 heterocycles. The van der Waals surface area contributed by atoms with Crippen molar-refractivity contribution in [3.05, 3.63) is 18.3 Å². The number of hydrogen-bond donors (Lipinski definition) is 2. The maximum absolute atomic E-state index is 12.4. The summed E-state index contributed by atoms with van der Waals surface area (Å²) in [6.07, 6.45) is 4.88. The Labute approximate surface area is 119 Å². The van der Waals surface area contributed by atoms with E-state index in [4.69, 9.17) is 0 Å². The first-order valence-electron chi connectivity index (χ1n) is 6.99. The molecule has 110 valence electrons. The highest BCUT2D eigenvalue weighted by Crippen LogP contribution is 2.30. The van der Waals surface area contributed by atoms with Gasteiger partial charge in [0.15, 0.2) is 5.03 Å². The summed E-state index contributed by atoms with van der Waals surface area (Å²) < 4.78 is 27.6. The topological polar surface area (TPSA) is 74.3 Å². The van der Waals surface area contributed by atoms with Gasteiger partial charge in [-0.25, -0.2) is 18.1 Å². The summed E-state index contributed by atoms with van der Waals surface area (Å²) in [5.41, 5.74) is 0.525. The van der Waals surface area contributed by atoms with Crippen LogP contribution < -0.4 is 10.0 Å². The van der Waals surface area contributed by atoms with Gasteiger partial charge in [0.2, 0.25) is 0 Å². The van der Waals surface area contributed by atoms with E-state index in [1.54, 1.807) is 19.2 Å². The maximum atomic E-state index is 12.4. The van der Waals surface area contributed by atoms with E-state index in [0.717, 1.165) is 19.5 Å². The molecule has 0 radical (unpaired) electrons. The maximum Gasteiger partial charge on any atom is 0.260 e. The third-order valence-electron chi connectivity index (χ3n) is 3.90. The highest BCUT2D eigenvalue weighted by atomic mass is 32.2. The predicted octanol–water partition coefficient (Wildman–Crippen LogP) is 0.638. The van der Waals surface area contributed by atoms with Crippen molar-refractivity contribution in [1.29, 1.82) is 0 Å². The van der Waals surface area contributed by atoms with Crippen molar-refractivity contribution in [2.45, 2.75) is 36.4 Å². The quantitative estimate of drug-likeness (QED) is 0.834. The van der Waals surface area contributed by atoms with Crippen LogP contribution in [0.5, 0.6) is 0 Å². The molecule has 2 N–H and O–H groups in total. The van der Waals surface area contributed by atoms with Crippen LogP contribution in [0.25, 0.3) is 0 Å². The molecule has 0 amide bonds. The van der Waals surface area contributed by atoms with E-state index in [0.29, 0.717) is 11.7 Å². The average molecular weight is 296 g/mol. The molecule has 6 nitrogen and oxygen atoms in total. The lowest BCUT2D eigenvalue weighted by Gasteiger charge is -2.16. The summed E-state index contributed by atoms with van der Waals surface area (Å²) in [5, 5.41) is 2.95. The SMILES string of the molecule is CNc1cccnc1S(=O)(=O)NC1CCN(C2CC2)C1. The first-order valence-corrected chi connectivity index (χ1v) is 8.47. The van der Waals surface area contributed by atoms with Crippen molar-refractivity contribution < 1.29 is 8.42 Å². The van der Waals surface area contributed by atoms with Gasteiger partial charge in [0.1, 0.15) is 0 Å². The number of likely N-dealkylation sites (tertiary alicyclic amines) is 1. The number of nitrogens with zero attached hydrogens (tertiary/aromatic N) is 2. The van der Waals surface area contributed by atoms with Crippen LogP contribution in [0.15, 0.2) is 23.4 Å². The Morgan fingerprint density at radius 3 is 2.85 bits per heavy atom.